The standard InChI is InChI=1S/C20H21FN2O5S/c1-11(2)27-17-9-14-16(10-15(17)23-29(4,25)26)28-19(20(24)22-3)18(14)12-5-7-13(21)8-6-12/h5-11,23H,1-4H3,(H,22,24). The molecule has 1 heterocycles. The summed E-state index contributed by atoms with van der Waals surface area (Å²) in [7, 11) is -2.11. The number of carbonyl (C=O) groups excluding carboxylic acids is 1. The molecule has 0 aliphatic carbocycles. The number of amides is 1. The second-order valence-corrected chi connectivity index (χ2v) is 8.53. The molecule has 0 atom stereocenters. The summed E-state index contributed by atoms with van der Waals surface area (Å²) in [4.78, 5) is 12.4. The summed E-state index contributed by atoms with van der Waals surface area (Å²) >= 11 is 0. The van der Waals surface area contributed by atoms with E-state index in [9.17, 15) is 17.6 Å². The van der Waals surface area contributed by atoms with Crippen molar-refractivity contribution in [2.45, 2.75) is 20.0 Å². The van der Waals surface area contributed by atoms with Gasteiger partial charge in [-0.15, -0.1) is 0 Å². The largest absolute Gasteiger partial charge is 0.489 e. The molecule has 0 spiro atoms. The Hall–Kier alpha value is -3.07. The minimum Gasteiger partial charge on any atom is -0.489 e. The van der Waals surface area contributed by atoms with E-state index in [1.165, 1.54) is 37.4 Å². The first-order valence-corrected chi connectivity index (χ1v) is 10.7. The number of ether oxygens (including phenoxy) is 1. The number of carbonyl (C=O) groups is 1. The lowest BCUT2D eigenvalue weighted by Gasteiger charge is -2.15. The van der Waals surface area contributed by atoms with Gasteiger partial charge in [-0.25, -0.2) is 12.8 Å². The van der Waals surface area contributed by atoms with Gasteiger partial charge in [0, 0.05) is 24.1 Å². The van der Waals surface area contributed by atoms with E-state index in [1.807, 2.05) is 0 Å². The van der Waals surface area contributed by atoms with Crippen LogP contribution in [0.2, 0.25) is 0 Å². The zero-order valence-corrected chi connectivity index (χ0v) is 17.2. The fourth-order valence-corrected chi connectivity index (χ4v) is 3.49. The monoisotopic (exact) mass is 420 g/mol. The molecule has 0 saturated carbocycles. The Kier molecular flexibility index (Phi) is 5.52. The second kappa shape index (κ2) is 7.75. The number of hydrogen-bond acceptors (Lipinski definition) is 5. The highest BCUT2D eigenvalue weighted by molar-refractivity contribution is 7.92. The molecule has 0 bridgehead atoms. The molecule has 0 aliphatic heterocycles. The van der Waals surface area contributed by atoms with Gasteiger partial charge in [-0.1, -0.05) is 12.1 Å². The lowest BCUT2D eigenvalue weighted by atomic mass is 10.0. The Morgan fingerprint density at radius 1 is 1.17 bits per heavy atom. The van der Waals surface area contributed by atoms with E-state index in [2.05, 4.69) is 10.0 Å². The SMILES string of the molecule is CNC(=O)c1oc2cc(NS(C)(=O)=O)c(OC(C)C)cc2c1-c1ccc(F)cc1. The number of furan rings is 1. The second-order valence-electron chi connectivity index (χ2n) is 6.78. The lowest BCUT2D eigenvalue weighted by molar-refractivity contribution is 0.0938. The van der Waals surface area contributed by atoms with Crippen molar-refractivity contribution < 1.29 is 26.8 Å². The van der Waals surface area contributed by atoms with E-state index >= 15 is 0 Å². The Labute approximate surface area is 167 Å². The van der Waals surface area contributed by atoms with Crippen LogP contribution in [-0.4, -0.2) is 33.7 Å². The lowest BCUT2D eigenvalue weighted by Crippen LogP contribution is -2.17. The molecular formula is C20H21FN2O5S. The highest BCUT2D eigenvalue weighted by Crippen LogP contribution is 2.40. The first kappa shape index (κ1) is 20.7. The Morgan fingerprint density at radius 2 is 1.83 bits per heavy atom. The molecule has 0 aliphatic rings. The molecule has 2 N–H and O–H groups in total. The van der Waals surface area contributed by atoms with Crippen molar-refractivity contribution in [3.8, 4) is 16.9 Å². The predicted molar refractivity (Wildman–Crippen MR) is 109 cm³/mol. The van der Waals surface area contributed by atoms with Crippen LogP contribution in [0.4, 0.5) is 10.1 Å². The van der Waals surface area contributed by atoms with E-state index in [-0.39, 0.29) is 28.9 Å². The van der Waals surface area contributed by atoms with Crippen LogP contribution >= 0.6 is 0 Å². The van der Waals surface area contributed by atoms with Gasteiger partial charge in [0.1, 0.15) is 17.1 Å². The smallest absolute Gasteiger partial charge is 0.287 e. The molecule has 0 radical (unpaired) electrons. The summed E-state index contributed by atoms with van der Waals surface area (Å²) in [6.07, 6.45) is 0.797. The van der Waals surface area contributed by atoms with Gasteiger partial charge in [-0.2, -0.15) is 0 Å². The zero-order valence-electron chi connectivity index (χ0n) is 16.4. The predicted octanol–water partition coefficient (Wildman–Crippen LogP) is 3.76. The van der Waals surface area contributed by atoms with Crippen LogP contribution in [0.15, 0.2) is 40.8 Å². The van der Waals surface area contributed by atoms with Crippen LogP contribution in [0.25, 0.3) is 22.1 Å². The van der Waals surface area contributed by atoms with Crippen molar-refractivity contribution in [2.24, 2.45) is 0 Å². The molecule has 0 fully saturated rings. The van der Waals surface area contributed by atoms with Crippen molar-refractivity contribution in [3.05, 3.63) is 48.0 Å². The van der Waals surface area contributed by atoms with Crippen molar-refractivity contribution in [1.29, 1.82) is 0 Å². The van der Waals surface area contributed by atoms with Gasteiger partial charge < -0.3 is 14.5 Å². The molecule has 3 rings (SSSR count). The van der Waals surface area contributed by atoms with Gasteiger partial charge in [0.05, 0.1) is 18.0 Å². The fourth-order valence-electron chi connectivity index (χ4n) is 2.93. The molecule has 7 nitrogen and oxygen atoms in total. The van der Waals surface area contributed by atoms with Gasteiger partial charge >= 0.3 is 0 Å². The van der Waals surface area contributed by atoms with E-state index in [4.69, 9.17) is 9.15 Å². The van der Waals surface area contributed by atoms with Gasteiger partial charge in [-0.05, 0) is 37.6 Å². The quantitative estimate of drug-likeness (QED) is 0.633. The van der Waals surface area contributed by atoms with Gasteiger partial charge in [0.15, 0.2) is 0 Å². The maximum atomic E-state index is 13.4. The average Bonchev–Trinajstić information content (AvgIpc) is 2.98. The Morgan fingerprint density at radius 3 is 2.38 bits per heavy atom. The summed E-state index contributed by atoms with van der Waals surface area (Å²) in [5.74, 6) is -0.567. The van der Waals surface area contributed by atoms with Crippen LogP contribution in [0.1, 0.15) is 24.4 Å². The summed E-state index contributed by atoms with van der Waals surface area (Å²) in [6.45, 7) is 3.61. The van der Waals surface area contributed by atoms with Crippen molar-refractivity contribution >= 4 is 32.6 Å². The number of benzene rings is 2. The zero-order chi connectivity index (χ0) is 21.3. The van der Waals surface area contributed by atoms with Crippen molar-refractivity contribution in [3.63, 3.8) is 0 Å². The molecule has 3 aromatic rings. The van der Waals surface area contributed by atoms with Crippen LogP contribution in [0.5, 0.6) is 5.75 Å². The molecular weight excluding hydrogens is 399 g/mol. The summed E-state index contributed by atoms with van der Waals surface area (Å²) < 4.78 is 50.8. The maximum Gasteiger partial charge on any atom is 0.287 e. The molecule has 1 amide bonds. The summed E-state index contributed by atoms with van der Waals surface area (Å²) in [5.41, 5.74) is 1.50. The third-order valence-electron chi connectivity index (χ3n) is 4.01. The minimum absolute atomic E-state index is 0.0288. The van der Waals surface area contributed by atoms with Crippen LogP contribution in [-0.2, 0) is 10.0 Å². The third-order valence-corrected chi connectivity index (χ3v) is 4.61. The minimum atomic E-state index is -3.58. The molecule has 9 heteroatoms. The van der Waals surface area contributed by atoms with Crippen molar-refractivity contribution in [1.82, 2.24) is 5.32 Å². The number of halogens is 1. The highest BCUT2D eigenvalue weighted by atomic mass is 32.2. The Bertz CT molecular complexity index is 1170. The number of hydrogen-bond donors (Lipinski definition) is 2. The van der Waals surface area contributed by atoms with Crippen LogP contribution in [0.3, 0.4) is 0 Å². The number of anilines is 1. The molecule has 154 valence electrons. The van der Waals surface area contributed by atoms with Crippen LogP contribution in [0, 0.1) is 5.82 Å². The number of fused-ring (bicyclic) bond motifs is 1. The van der Waals surface area contributed by atoms with E-state index in [0.717, 1.165) is 6.26 Å². The first-order chi connectivity index (χ1) is 13.6. The van der Waals surface area contributed by atoms with Gasteiger partial charge in [0.25, 0.3) is 5.91 Å². The molecule has 0 unspecified atom stereocenters. The molecule has 29 heavy (non-hydrogen) atoms. The first-order valence-electron chi connectivity index (χ1n) is 8.82. The third kappa shape index (κ3) is 4.51. The molecule has 1 aromatic heterocycles. The highest BCUT2D eigenvalue weighted by Gasteiger charge is 2.24. The average molecular weight is 420 g/mol. The topological polar surface area (TPSA) is 97.6 Å². The normalized spacial score (nSPS) is 11.7. The van der Waals surface area contributed by atoms with Crippen molar-refractivity contribution in [2.75, 3.05) is 18.0 Å². The number of rotatable bonds is 6. The van der Waals surface area contributed by atoms with Gasteiger partial charge in [0.2, 0.25) is 15.8 Å². The summed E-state index contributed by atoms with van der Waals surface area (Å²) in [6, 6.07) is 8.72. The van der Waals surface area contributed by atoms with Crippen LogP contribution < -0.4 is 14.8 Å². The molecule has 2 aromatic carbocycles. The number of nitrogens with one attached hydrogen (secondary N) is 2. The Balaban J connectivity index is 2.32. The number of sulfonamides is 1. The van der Waals surface area contributed by atoms with E-state index < -0.39 is 21.7 Å². The van der Waals surface area contributed by atoms with Gasteiger partial charge in [-0.3, -0.25) is 9.52 Å². The molecule has 0 saturated heterocycles. The van der Waals surface area contributed by atoms with E-state index in [1.54, 1.807) is 19.9 Å². The summed E-state index contributed by atoms with van der Waals surface area (Å²) in [5, 5.41) is 3.05. The maximum absolute atomic E-state index is 13.4. The van der Waals surface area contributed by atoms with E-state index in [0.29, 0.717) is 16.5 Å². The fraction of sp³-hybridized carbons (Fsp3) is 0.250.